The maximum absolute atomic E-state index is 11.0. The molecule has 2 aromatic heterocycles. The highest BCUT2D eigenvalue weighted by Gasteiger charge is 2.21. The van der Waals surface area contributed by atoms with Gasteiger partial charge in [0.25, 0.3) is 0 Å². The van der Waals surface area contributed by atoms with Gasteiger partial charge in [-0.1, -0.05) is 6.07 Å². The second-order valence-corrected chi connectivity index (χ2v) is 6.38. The zero-order valence-corrected chi connectivity index (χ0v) is 14.0. The fourth-order valence-corrected chi connectivity index (χ4v) is 3.31. The number of hydrogen-bond donors (Lipinski definition) is 1. The Morgan fingerprint density at radius 1 is 1.20 bits per heavy atom. The van der Waals surface area contributed by atoms with Crippen molar-refractivity contribution in [3.05, 3.63) is 41.3 Å². The number of carboxylic acid groups (broad SMARTS) is 1. The first kappa shape index (κ1) is 16.0. The van der Waals surface area contributed by atoms with Gasteiger partial charge in [-0.25, -0.2) is 9.78 Å². The monoisotopic (exact) mass is 343 g/mol. The van der Waals surface area contributed by atoms with E-state index in [-0.39, 0.29) is 5.69 Å². The van der Waals surface area contributed by atoms with Gasteiger partial charge in [-0.15, -0.1) is 0 Å². The summed E-state index contributed by atoms with van der Waals surface area (Å²) in [5.41, 5.74) is 2.22. The van der Waals surface area contributed by atoms with Crippen molar-refractivity contribution in [3.8, 4) is 0 Å². The van der Waals surface area contributed by atoms with Crippen LogP contribution in [0.25, 0.3) is 0 Å². The summed E-state index contributed by atoms with van der Waals surface area (Å²) in [5, 5.41) is 13.2. The summed E-state index contributed by atoms with van der Waals surface area (Å²) >= 11 is 0. The summed E-state index contributed by atoms with van der Waals surface area (Å²) in [7, 11) is 0. The molecule has 2 aromatic rings. The third-order valence-corrected chi connectivity index (χ3v) is 4.65. The number of rotatable bonds is 4. The van der Waals surface area contributed by atoms with Crippen molar-refractivity contribution in [2.75, 3.05) is 37.7 Å². The number of ether oxygens (including phenoxy) is 1. The molecule has 8 heteroatoms. The Kier molecular flexibility index (Phi) is 4.37. The molecule has 0 amide bonds. The Balaban J connectivity index is 1.39. The highest BCUT2D eigenvalue weighted by atomic mass is 16.5. The zero-order valence-electron chi connectivity index (χ0n) is 14.0. The number of anilines is 1. The SMILES string of the molecule is O=C(O)c1cc2n(n1)CCN(Cc1ccc(N3CCOCC3)nc1)C2. The summed E-state index contributed by atoms with van der Waals surface area (Å²) in [5.74, 6) is 0.0197. The maximum Gasteiger partial charge on any atom is 0.356 e. The summed E-state index contributed by atoms with van der Waals surface area (Å²) in [6, 6.07) is 5.85. The van der Waals surface area contributed by atoms with Crippen LogP contribution in [0.4, 0.5) is 5.82 Å². The number of carbonyl (C=O) groups is 1. The Morgan fingerprint density at radius 2 is 2.04 bits per heavy atom. The van der Waals surface area contributed by atoms with E-state index in [0.717, 1.165) is 56.5 Å². The number of aromatic nitrogens is 3. The van der Waals surface area contributed by atoms with Gasteiger partial charge in [-0.3, -0.25) is 9.58 Å². The number of nitrogens with zero attached hydrogens (tertiary/aromatic N) is 5. The molecule has 132 valence electrons. The molecule has 25 heavy (non-hydrogen) atoms. The summed E-state index contributed by atoms with van der Waals surface area (Å²) in [4.78, 5) is 20.2. The molecular weight excluding hydrogens is 322 g/mol. The molecule has 1 fully saturated rings. The molecule has 8 nitrogen and oxygen atoms in total. The number of carboxylic acids is 1. The highest BCUT2D eigenvalue weighted by Crippen LogP contribution is 2.18. The minimum absolute atomic E-state index is 0.119. The molecule has 0 atom stereocenters. The minimum atomic E-state index is -0.976. The van der Waals surface area contributed by atoms with Crippen LogP contribution in [0, 0.1) is 0 Å². The van der Waals surface area contributed by atoms with Gasteiger partial charge in [0.15, 0.2) is 5.69 Å². The lowest BCUT2D eigenvalue weighted by Crippen LogP contribution is -2.36. The van der Waals surface area contributed by atoms with Crippen molar-refractivity contribution in [1.29, 1.82) is 0 Å². The van der Waals surface area contributed by atoms with Crippen LogP contribution in [0.5, 0.6) is 0 Å². The van der Waals surface area contributed by atoms with Gasteiger partial charge in [-0.2, -0.15) is 5.10 Å². The van der Waals surface area contributed by atoms with E-state index in [1.165, 1.54) is 0 Å². The van der Waals surface area contributed by atoms with Crippen LogP contribution in [-0.4, -0.2) is 63.6 Å². The molecule has 1 N–H and O–H groups in total. The van der Waals surface area contributed by atoms with Crippen molar-refractivity contribution >= 4 is 11.8 Å². The minimum Gasteiger partial charge on any atom is -0.476 e. The van der Waals surface area contributed by atoms with Gasteiger partial charge in [0.1, 0.15) is 5.82 Å². The van der Waals surface area contributed by atoms with E-state index in [2.05, 4.69) is 32.0 Å². The lowest BCUT2D eigenvalue weighted by Gasteiger charge is -2.29. The van der Waals surface area contributed by atoms with E-state index in [9.17, 15) is 4.79 Å². The van der Waals surface area contributed by atoms with E-state index in [0.29, 0.717) is 13.1 Å². The Hall–Kier alpha value is -2.45. The van der Waals surface area contributed by atoms with Crippen LogP contribution in [0.3, 0.4) is 0 Å². The van der Waals surface area contributed by atoms with Crippen LogP contribution in [0.15, 0.2) is 24.4 Å². The second-order valence-electron chi connectivity index (χ2n) is 6.38. The van der Waals surface area contributed by atoms with Crippen LogP contribution < -0.4 is 4.90 Å². The summed E-state index contributed by atoms with van der Waals surface area (Å²) < 4.78 is 7.16. The van der Waals surface area contributed by atoms with Crippen molar-refractivity contribution in [2.24, 2.45) is 0 Å². The number of aromatic carboxylic acids is 1. The molecule has 4 rings (SSSR count). The molecule has 1 saturated heterocycles. The second kappa shape index (κ2) is 6.81. The van der Waals surface area contributed by atoms with E-state index in [1.54, 1.807) is 10.7 Å². The topological polar surface area (TPSA) is 83.7 Å². The van der Waals surface area contributed by atoms with Gasteiger partial charge >= 0.3 is 5.97 Å². The van der Waals surface area contributed by atoms with Crippen LogP contribution in [0.2, 0.25) is 0 Å². The lowest BCUT2D eigenvalue weighted by atomic mass is 10.2. The first-order chi connectivity index (χ1) is 12.2. The summed E-state index contributed by atoms with van der Waals surface area (Å²) in [6.45, 7) is 6.32. The fraction of sp³-hybridized carbons (Fsp3) is 0.471. The third-order valence-electron chi connectivity index (χ3n) is 4.65. The molecule has 0 bridgehead atoms. The molecule has 2 aliphatic rings. The summed E-state index contributed by atoms with van der Waals surface area (Å²) in [6.07, 6.45) is 1.93. The highest BCUT2D eigenvalue weighted by molar-refractivity contribution is 5.85. The van der Waals surface area contributed by atoms with Gasteiger partial charge in [0.05, 0.1) is 25.5 Å². The molecule has 0 spiro atoms. The molecule has 4 heterocycles. The molecule has 0 saturated carbocycles. The standard InChI is InChI=1S/C17H21N5O3/c23-17(24)15-9-14-12-20(3-4-22(14)19-15)11-13-1-2-16(18-10-13)21-5-7-25-8-6-21/h1-2,9-10H,3-8,11-12H2,(H,23,24). The van der Waals surface area contributed by atoms with Gasteiger partial charge in [-0.05, 0) is 17.7 Å². The molecule has 2 aliphatic heterocycles. The largest absolute Gasteiger partial charge is 0.476 e. The van der Waals surface area contributed by atoms with E-state index in [1.807, 2.05) is 6.20 Å². The average Bonchev–Trinajstić information content (AvgIpc) is 3.07. The molecule has 0 unspecified atom stereocenters. The quantitative estimate of drug-likeness (QED) is 0.880. The number of hydrogen-bond acceptors (Lipinski definition) is 6. The average molecular weight is 343 g/mol. The van der Waals surface area contributed by atoms with E-state index in [4.69, 9.17) is 9.84 Å². The van der Waals surface area contributed by atoms with Crippen LogP contribution in [-0.2, 0) is 24.4 Å². The maximum atomic E-state index is 11.0. The lowest BCUT2D eigenvalue weighted by molar-refractivity contribution is 0.0689. The predicted molar refractivity (Wildman–Crippen MR) is 90.6 cm³/mol. The predicted octanol–water partition coefficient (Wildman–Crippen LogP) is 0.829. The zero-order chi connectivity index (χ0) is 17.2. The van der Waals surface area contributed by atoms with Crippen molar-refractivity contribution < 1.29 is 14.6 Å². The van der Waals surface area contributed by atoms with Gasteiger partial charge in [0.2, 0.25) is 0 Å². The van der Waals surface area contributed by atoms with Crippen molar-refractivity contribution in [1.82, 2.24) is 19.7 Å². The van der Waals surface area contributed by atoms with E-state index < -0.39 is 5.97 Å². The Bertz CT molecular complexity index is 752. The first-order valence-electron chi connectivity index (χ1n) is 8.49. The molecule has 0 aromatic carbocycles. The smallest absolute Gasteiger partial charge is 0.356 e. The Morgan fingerprint density at radius 3 is 2.76 bits per heavy atom. The molecule has 0 radical (unpaired) electrons. The molecular formula is C17H21N5O3. The van der Waals surface area contributed by atoms with E-state index >= 15 is 0 Å². The first-order valence-corrected chi connectivity index (χ1v) is 8.49. The molecule has 0 aliphatic carbocycles. The normalized spacial score (nSPS) is 18.2. The van der Waals surface area contributed by atoms with Crippen molar-refractivity contribution in [2.45, 2.75) is 19.6 Å². The van der Waals surface area contributed by atoms with Crippen LogP contribution >= 0.6 is 0 Å². The fourth-order valence-electron chi connectivity index (χ4n) is 3.31. The number of pyridine rings is 1. The Labute approximate surface area is 145 Å². The van der Waals surface area contributed by atoms with Gasteiger partial charge in [0, 0.05) is 38.9 Å². The van der Waals surface area contributed by atoms with Crippen molar-refractivity contribution in [3.63, 3.8) is 0 Å². The third kappa shape index (κ3) is 3.49. The van der Waals surface area contributed by atoms with Crippen LogP contribution in [0.1, 0.15) is 21.7 Å². The number of morpholine rings is 1. The van der Waals surface area contributed by atoms with Gasteiger partial charge < -0.3 is 14.7 Å². The number of fused-ring (bicyclic) bond motifs is 1.